The molecule has 0 atom stereocenters. The monoisotopic (exact) mass is 397 g/mol. The normalized spacial score (nSPS) is 11.5. The number of ether oxygens (including phenoxy) is 1. The zero-order valence-electron chi connectivity index (χ0n) is 13.4. The highest BCUT2D eigenvalue weighted by Gasteiger charge is 2.21. The van der Waals surface area contributed by atoms with Crippen LogP contribution in [0.15, 0.2) is 46.9 Å². The molecule has 3 aromatic rings. The van der Waals surface area contributed by atoms with E-state index in [1.54, 1.807) is 0 Å². The lowest BCUT2D eigenvalue weighted by atomic mass is 10.2. The molecule has 0 aliphatic heterocycles. The van der Waals surface area contributed by atoms with E-state index in [1.807, 2.05) is 23.0 Å². The molecule has 0 fully saturated rings. The van der Waals surface area contributed by atoms with E-state index in [0.29, 0.717) is 12.1 Å². The van der Waals surface area contributed by atoms with Gasteiger partial charge in [0, 0.05) is 28.8 Å². The van der Waals surface area contributed by atoms with Gasteiger partial charge in [-0.15, -0.1) is 11.3 Å². The largest absolute Gasteiger partial charge is 0.433 e. The Bertz CT molecular complexity index is 937. The molecule has 0 aliphatic carbocycles. The summed E-state index contributed by atoms with van der Waals surface area (Å²) in [4.78, 5) is 8.95. The van der Waals surface area contributed by atoms with E-state index >= 15 is 0 Å². The third-order valence-electron chi connectivity index (χ3n) is 3.37. The molecule has 2 N–H and O–H groups in total. The van der Waals surface area contributed by atoms with Gasteiger partial charge in [0.05, 0.1) is 6.54 Å². The number of thiophene rings is 1. The number of hydroxylamine groups is 1. The lowest BCUT2D eigenvalue weighted by Gasteiger charge is -2.09. The van der Waals surface area contributed by atoms with Gasteiger partial charge in [-0.25, -0.2) is 13.8 Å². The van der Waals surface area contributed by atoms with Gasteiger partial charge < -0.3 is 4.74 Å². The van der Waals surface area contributed by atoms with E-state index in [0.717, 1.165) is 4.88 Å². The standard InChI is InChI=1S/C17H11F4N3O2S/c18-11-6-12(19)15(21)16(14(11)20)26-13-4-3-9(7-22-13)17(24-25)23-8-10-2-1-5-27-10/h1-7,25H,8H2,(H,23,24). The first-order chi connectivity index (χ1) is 13.0. The second-order valence-electron chi connectivity index (χ2n) is 5.14. The van der Waals surface area contributed by atoms with Crippen LogP contribution in [0.2, 0.25) is 0 Å². The van der Waals surface area contributed by atoms with Gasteiger partial charge in [0.15, 0.2) is 17.5 Å². The highest BCUT2D eigenvalue weighted by atomic mass is 32.1. The number of nitrogens with one attached hydrogen (secondary N) is 1. The zero-order chi connectivity index (χ0) is 19.4. The summed E-state index contributed by atoms with van der Waals surface area (Å²) >= 11 is 1.49. The van der Waals surface area contributed by atoms with E-state index in [1.165, 1.54) is 29.7 Å². The Labute approximate surface area is 154 Å². The Balaban J connectivity index is 1.80. The summed E-state index contributed by atoms with van der Waals surface area (Å²) in [5.74, 6) is -7.96. The van der Waals surface area contributed by atoms with E-state index < -0.39 is 29.0 Å². The molecule has 0 bridgehead atoms. The van der Waals surface area contributed by atoms with Gasteiger partial charge in [-0.2, -0.15) is 8.78 Å². The maximum absolute atomic E-state index is 13.6. The van der Waals surface area contributed by atoms with Crippen LogP contribution >= 0.6 is 11.3 Å². The highest BCUT2D eigenvalue weighted by Crippen LogP contribution is 2.30. The molecular formula is C17H11F4N3O2S. The van der Waals surface area contributed by atoms with E-state index in [2.05, 4.69) is 9.98 Å². The van der Waals surface area contributed by atoms with Gasteiger partial charge in [-0.05, 0) is 17.5 Å². The molecule has 10 heteroatoms. The summed E-state index contributed by atoms with van der Waals surface area (Å²) in [6.07, 6.45) is 1.21. The summed E-state index contributed by atoms with van der Waals surface area (Å²) in [5.41, 5.74) is 2.29. The quantitative estimate of drug-likeness (QED) is 0.220. The number of rotatable bonds is 5. The molecule has 1 aromatic carbocycles. The van der Waals surface area contributed by atoms with Gasteiger partial charge in [-0.1, -0.05) is 6.07 Å². The SMILES string of the molecule is ONC(=NCc1cccs1)c1ccc(Oc2c(F)c(F)cc(F)c2F)nc1. The molecule has 0 unspecified atom stereocenters. The molecule has 2 heterocycles. The predicted octanol–water partition coefficient (Wildman–Crippen LogP) is 4.42. The van der Waals surface area contributed by atoms with Crippen molar-refractivity contribution in [2.75, 3.05) is 0 Å². The number of amidine groups is 1. The molecule has 0 aliphatic rings. The predicted molar refractivity (Wildman–Crippen MR) is 90.1 cm³/mol. The van der Waals surface area contributed by atoms with Crippen molar-refractivity contribution in [2.24, 2.45) is 4.99 Å². The first-order valence-electron chi connectivity index (χ1n) is 7.43. The van der Waals surface area contributed by atoms with Crippen LogP contribution in [0.4, 0.5) is 17.6 Å². The second kappa shape index (κ2) is 8.14. The van der Waals surface area contributed by atoms with Crippen molar-refractivity contribution in [3.63, 3.8) is 0 Å². The first-order valence-corrected chi connectivity index (χ1v) is 8.31. The topological polar surface area (TPSA) is 66.7 Å². The van der Waals surface area contributed by atoms with Crippen LogP contribution in [0.3, 0.4) is 0 Å². The number of benzene rings is 1. The lowest BCUT2D eigenvalue weighted by molar-refractivity contribution is 0.234. The molecule has 3 rings (SSSR count). The summed E-state index contributed by atoms with van der Waals surface area (Å²) in [5, 5.41) is 11.1. The molecule has 2 aromatic heterocycles. The highest BCUT2D eigenvalue weighted by molar-refractivity contribution is 7.09. The minimum Gasteiger partial charge on any atom is -0.433 e. The minimum atomic E-state index is -1.67. The average molecular weight is 397 g/mol. The van der Waals surface area contributed by atoms with Gasteiger partial charge in [0.2, 0.25) is 23.3 Å². The summed E-state index contributed by atoms with van der Waals surface area (Å²) < 4.78 is 58.5. The van der Waals surface area contributed by atoms with E-state index in [9.17, 15) is 22.8 Å². The third kappa shape index (κ3) is 4.23. The number of hydrogen-bond donors (Lipinski definition) is 2. The first kappa shape index (κ1) is 18.8. The van der Waals surface area contributed by atoms with E-state index in [4.69, 9.17) is 4.74 Å². The maximum atomic E-state index is 13.6. The fourth-order valence-corrected chi connectivity index (χ4v) is 2.71. The van der Waals surface area contributed by atoms with Crippen molar-refractivity contribution in [1.82, 2.24) is 10.5 Å². The Morgan fingerprint density at radius 3 is 2.44 bits per heavy atom. The van der Waals surface area contributed by atoms with Crippen LogP contribution in [-0.2, 0) is 6.54 Å². The average Bonchev–Trinajstić information content (AvgIpc) is 3.19. The Kier molecular flexibility index (Phi) is 5.67. The maximum Gasteiger partial charge on any atom is 0.219 e. The van der Waals surface area contributed by atoms with Crippen molar-refractivity contribution < 1.29 is 27.5 Å². The molecule has 0 spiro atoms. The summed E-state index contributed by atoms with van der Waals surface area (Å²) in [7, 11) is 0. The number of hydrogen-bond acceptors (Lipinski definition) is 5. The number of aromatic nitrogens is 1. The van der Waals surface area contributed by atoms with Crippen LogP contribution in [-0.4, -0.2) is 16.0 Å². The van der Waals surface area contributed by atoms with Crippen molar-refractivity contribution >= 4 is 17.2 Å². The van der Waals surface area contributed by atoms with Gasteiger partial charge in [0.1, 0.15) is 0 Å². The van der Waals surface area contributed by atoms with Crippen molar-refractivity contribution in [3.05, 3.63) is 75.6 Å². The van der Waals surface area contributed by atoms with Gasteiger partial charge >= 0.3 is 0 Å². The lowest BCUT2D eigenvalue weighted by Crippen LogP contribution is -2.20. The smallest absolute Gasteiger partial charge is 0.219 e. The third-order valence-corrected chi connectivity index (χ3v) is 4.23. The molecule has 0 saturated heterocycles. The van der Waals surface area contributed by atoms with Crippen molar-refractivity contribution in [2.45, 2.75) is 6.54 Å². The van der Waals surface area contributed by atoms with Crippen molar-refractivity contribution in [1.29, 1.82) is 0 Å². The summed E-state index contributed by atoms with van der Waals surface area (Å²) in [6, 6.07) is 6.42. The van der Waals surface area contributed by atoms with Crippen LogP contribution < -0.4 is 10.2 Å². The fourth-order valence-electron chi connectivity index (χ4n) is 2.08. The van der Waals surface area contributed by atoms with Crippen LogP contribution in [0.25, 0.3) is 0 Å². The van der Waals surface area contributed by atoms with Gasteiger partial charge in [-0.3, -0.25) is 15.7 Å². The van der Waals surface area contributed by atoms with Crippen LogP contribution in [0.1, 0.15) is 10.4 Å². The van der Waals surface area contributed by atoms with Crippen LogP contribution in [0.5, 0.6) is 11.6 Å². The molecule has 140 valence electrons. The molecule has 5 nitrogen and oxygen atoms in total. The number of pyridine rings is 1. The number of aliphatic imine (C=N–C) groups is 1. The molecule has 0 amide bonds. The molecule has 0 radical (unpaired) electrons. The molecule has 27 heavy (non-hydrogen) atoms. The summed E-state index contributed by atoms with van der Waals surface area (Å²) in [6.45, 7) is 0.317. The van der Waals surface area contributed by atoms with Crippen molar-refractivity contribution in [3.8, 4) is 11.6 Å². The number of halogens is 4. The Morgan fingerprint density at radius 2 is 1.89 bits per heavy atom. The zero-order valence-corrected chi connectivity index (χ0v) is 14.2. The number of nitrogens with zero attached hydrogens (tertiary/aromatic N) is 2. The van der Waals surface area contributed by atoms with Crippen LogP contribution in [0, 0.1) is 23.3 Å². The Morgan fingerprint density at radius 1 is 1.15 bits per heavy atom. The Hall–Kier alpha value is -2.98. The van der Waals surface area contributed by atoms with E-state index in [-0.39, 0.29) is 17.8 Å². The molecular weight excluding hydrogens is 386 g/mol. The second-order valence-corrected chi connectivity index (χ2v) is 6.17. The minimum absolute atomic E-state index is 0.0807. The molecule has 0 saturated carbocycles. The fraction of sp³-hybridized carbons (Fsp3) is 0.0588. The van der Waals surface area contributed by atoms with Gasteiger partial charge in [0.25, 0.3) is 0 Å².